The summed E-state index contributed by atoms with van der Waals surface area (Å²) in [6.07, 6.45) is 7.96. The van der Waals surface area contributed by atoms with Gasteiger partial charge < -0.3 is 8.98 Å². The van der Waals surface area contributed by atoms with Gasteiger partial charge in [-0.05, 0) is 24.3 Å². The van der Waals surface area contributed by atoms with Gasteiger partial charge in [0.05, 0.1) is 12.6 Å². The maximum Gasteiger partial charge on any atom is 0.133 e. The van der Waals surface area contributed by atoms with Crippen molar-refractivity contribution in [1.82, 2.24) is 9.55 Å². The van der Waals surface area contributed by atoms with Crippen LogP contribution >= 0.6 is 0 Å². The van der Waals surface area contributed by atoms with Crippen molar-refractivity contribution in [2.24, 2.45) is 0 Å². The number of hydrogen-bond acceptors (Lipinski definition) is 2. The molecule has 0 saturated heterocycles. The maximum absolute atomic E-state index is 5.26. The molecule has 14 heavy (non-hydrogen) atoms. The lowest BCUT2D eigenvalue weighted by Crippen LogP contribution is -1.88. The van der Waals surface area contributed by atoms with E-state index in [-0.39, 0.29) is 0 Å². The smallest absolute Gasteiger partial charge is 0.133 e. The molecule has 0 amide bonds. The van der Waals surface area contributed by atoms with Crippen LogP contribution in [0.15, 0.2) is 47.5 Å². The molecule has 0 aliphatic rings. The molecule has 2 heterocycles. The molecule has 3 aromatic rings. The number of hydrogen-bond donors (Lipinski definition) is 0. The molecular weight excluding hydrogens is 176 g/mol. The highest BCUT2D eigenvalue weighted by Crippen LogP contribution is 2.18. The molecule has 1 radical (unpaired) electrons. The highest BCUT2D eigenvalue weighted by Gasteiger charge is 1.99. The van der Waals surface area contributed by atoms with Crippen molar-refractivity contribution in [1.29, 1.82) is 0 Å². The number of nitrogens with zero attached hydrogens (tertiary/aromatic N) is 2. The monoisotopic (exact) mass is 183 g/mol. The minimum absolute atomic E-state index is 0.901. The molecule has 1 aromatic carbocycles. The fourth-order valence-electron chi connectivity index (χ4n) is 1.48. The lowest BCUT2D eigenvalue weighted by Gasteiger charge is -2.00. The predicted octanol–water partition coefficient (Wildman–Crippen LogP) is 2.42. The second-order valence-electron chi connectivity index (χ2n) is 3.05. The molecule has 3 nitrogen and oxygen atoms in total. The number of fused-ring (bicyclic) bond motifs is 1. The third-order valence-corrected chi connectivity index (χ3v) is 2.19. The minimum atomic E-state index is 0.901. The van der Waals surface area contributed by atoms with E-state index in [9.17, 15) is 0 Å². The first-order valence-corrected chi connectivity index (χ1v) is 4.31. The van der Waals surface area contributed by atoms with Crippen molar-refractivity contribution >= 4 is 11.0 Å². The number of imidazole rings is 1. The molecule has 0 bridgehead atoms. The van der Waals surface area contributed by atoms with Crippen molar-refractivity contribution < 1.29 is 4.42 Å². The molecule has 0 N–H and O–H groups in total. The molecule has 0 spiro atoms. The average molecular weight is 183 g/mol. The summed E-state index contributed by atoms with van der Waals surface area (Å²) in [4.78, 5) is 3.88. The Morgan fingerprint density at radius 3 is 3.14 bits per heavy atom. The summed E-state index contributed by atoms with van der Waals surface area (Å²) in [7, 11) is 0. The van der Waals surface area contributed by atoms with Crippen molar-refractivity contribution in [2.75, 3.05) is 0 Å². The molecule has 3 rings (SSSR count). The van der Waals surface area contributed by atoms with Gasteiger partial charge in [0.1, 0.15) is 11.8 Å². The van der Waals surface area contributed by atoms with Crippen LogP contribution in [0.4, 0.5) is 0 Å². The van der Waals surface area contributed by atoms with Crippen molar-refractivity contribution in [3.8, 4) is 5.69 Å². The molecule has 0 saturated carbocycles. The Morgan fingerprint density at radius 2 is 2.29 bits per heavy atom. The average Bonchev–Trinajstić information content (AvgIpc) is 2.88. The summed E-state index contributed by atoms with van der Waals surface area (Å²) in [6.45, 7) is 0. The van der Waals surface area contributed by atoms with Crippen LogP contribution in [0, 0.1) is 6.20 Å². The Bertz CT molecular complexity index is 551. The summed E-state index contributed by atoms with van der Waals surface area (Å²) in [5, 5.41) is 1.09. The van der Waals surface area contributed by atoms with Crippen LogP contribution in [0.2, 0.25) is 0 Å². The van der Waals surface area contributed by atoms with Gasteiger partial charge in [-0.25, -0.2) is 4.98 Å². The van der Waals surface area contributed by atoms with Gasteiger partial charge in [-0.1, -0.05) is 0 Å². The maximum atomic E-state index is 5.26. The summed E-state index contributed by atoms with van der Waals surface area (Å²) in [5.74, 6) is 0. The first-order chi connectivity index (χ1) is 6.93. The highest BCUT2D eigenvalue weighted by molar-refractivity contribution is 5.79. The second-order valence-corrected chi connectivity index (χ2v) is 3.05. The Morgan fingerprint density at radius 1 is 1.29 bits per heavy atom. The van der Waals surface area contributed by atoms with E-state index in [1.807, 2.05) is 28.8 Å². The van der Waals surface area contributed by atoms with Crippen LogP contribution in [0.5, 0.6) is 0 Å². The van der Waals surface area contributed by atoms with E-state index in [0.29, 0.717) is 0 Å². The van der Waals surface area contributed by atoms with E-state index >= 15 is 0 Å². The SMILES string of the molecule is [c]1cn(-c2ccc3occc3c2)cn1. The van der Waals surface area contributed by atoms with E-state index in [0.717, 1.165) is 16.7 Å². The lowest BCUT2D eigenvalue weighted by atomic mass is 10.2. The Labute approximate surface area is 80.6 Å². The van der Waals surface area contributed by atoms with Crippen molar-refractivity contribution in [3.63, 3.8) is 0 Å². The summed E-state index contributed by atoms with van der Waals surface area (Å²) < 4.78 is 7.17. The van der Waals surface area contributed by atoms with Gasteiger partial charge in [-0.3, -0.25) is 0 Å². The van der Waals surface area contributed by atoms with Crippen LogP contribution in [0.3, 0.4) is 0 Å². The Balaban J connectivity index is 2.23. The van der Waals surface area contributed by atoms with Crippen LogP contribution in [0.1, 0.15) is 0 Å². The van der Waals surface area contributed by atoms with E-state index in [4.69, 9.17) is 4.42 Å². The van der Waals surface area contributed by atoms with Crippen LogP contribution < -0.4 is 0 Å². The predicted molar refractivity (Wildman–Crippen MR) is 52.2 cm³/mol. The highest BCUT2D eigenvalue weighted by atomic mass is 16.3. The molecule has 0 aliphatic carbocycles. The third-order valence-electron chi connectivity index (χ3n) is 2.19. The summed E-state index contributed by atoms with van der Waals surface area (Å²) >= 11 is 0. The zero-order chi connectivity index (χ0) is 9.38. The molecule has 0 aliphatic heterocycles. The van der Waals surface area contributed by atoms with E-state index < -0.39 is 0 Å². The Kier molecular flexibility index (Phi) is 1.44. The lowest BCUT2D eigenvalue weighted by molar-refractivity contribution is 0.616. The van der Waals surface area contributed by atoms with Gasteiger partial charge in [-0.2, -0.15) is 0 Å². The molecular formula is C11H7N2O. The summed E-state index contributed by atoms with van der Waals surface area (Å²) in [5.41, 5.74) is 1.96. The molecule has 0 fully saturated rings. The van der Waals surface area contributed by atoms with Crippen molar-refractivity contribution in [3.05, 3.63) is 49.2 Å². The summed E-state index contributed by atoms with van der Waals surface area (Å²) in [6, 6.07) is 7.93. The standard InChI is InChI=1S/C11H7N2O/c1-2-11-9(3-6-14-11)7-10(1)13-5-4-12-8-13/h1-3,5-8H. The minimum Gasteiger partial charge on any atom is -0.464 e. The van der Waals surface area contributed by atoms with E-state index in [2.05, 4.69) is 11.2 Å². The van der Waals surface area contributed by atoms with Crippen LogP contribution in [-0.2, 0) is 0 Å². The van der Waals surface area contributed by atoms with Gasteiger partial charge in [0.15, 0.2) is 0 Å². The molecule has 67 valence electrons. The van der Waals surface area contributed by atoms with Gasteiger partial charge in [0.25, 0.3) is 0 Å². The van der Waals surface area contributed by atoms with Gasteiger partial charge in [0.2, 0.25) is 0 Å². The van der Waals surface area contributed by atoms with Gasteiger partial charge in [0, 0.05) is 17.3 Å². The van der Waals surface area contributed by atoms with E-state index in [1.54, 1.807) is 18.8 Å². The largest absolute Gasteiger partial charge is 0.464 e. The first-order valence-electron chi connectivity index (χ1n) is 4.31. The van der Waals surface area contributed by atoms with Gasteiger partial charge >= 0.3 is 0 Å². The van der Waals surface area contributed by atoms with Crippen LogP contribution in [-0.4, -0.2) is 9.55 Å². The van der Waals surface area contributed by atoms with Gasteiger partial charge in [-0.15, -0.1) is 0 Å². The number of rotatable bonds is 1. The van der Waals surface area contributed by atoms with E-state index in [1.165, 1.54) is 0 Å². The second kappa shape index (κ2) is 2.73. The number of benzene rings is 1. The fourth-order valence-corrected chi connectivity index (χ4v) is 1.48. The first kappa shape index (κ1) is 7.38. The molecule has 2 aromatic heterocycles. The number of furan rings is 1. The van der Waals surface area contributed by atoms with Crippen LogP contribution in [0.25, 0.3) is 16.7 Å². The Hall–Kier alpha value is -2.03. The quantitative estimate of drug-likeness (QED) is 0.580. The van der Waals surface area contributed by atoms with Crippen molar-refractivity contribution in [2.45, 2.75) is 0 Å². The third kappa shape index (κ3) is 1.03. The zero-order valence-electron chi connectivity index (χ0n) is 7.34. The fraction of sp³-hybridized carbons (Fsp3) is 0. The number of aromatic nitrogens is 2. The normalized spacial score (nSPS) is 10.9. The molecule has 3 heteroatoms. The molecule has 0 unspecified atom stereocenters. The zero-order valence-corrected chi connectivity index (χ0v) is 7.34. The topological polar surface area (TPSA) is 31.0 Å². The molecule has 0 atom stereocenters.